The molecule has 0 aliphatic carbocycles. The molecule has 1 heterocycles. The molecule has 0 spiro atoms. The van der Waals surface area contributed by atoms with E-state index in [2.05, 4.69) is 0 Å². The summed E-state index contributed by atoms with van der Waals surface area (Å²) < 4.78 is 0. The molecule has 1 saturated heterocycles. The number of piperidine rings is 1. The van der Waals surface area contributed by atoms with E-state index in [0.29, 0.717) is 0 Å². The van der Waals surface area contributed by atoms with Crippen molar-refractivity contribution in [3.05, 3.63) is 0 Å². The monoisotopic (exact) mass is 228 g/mol. The number of carboxylic acid groups (broad SMARTS) is 1. The molecule has 5 nitrogen and oxygen atoms in total. The van der Waals surface area contributed by atoms with Gasteiger partial charge in [0.25, 0.3) is 0 Å². The predicted octanol–water partition coefficient (Wildman–Crippen LogP) is 0.579. The number of rotatable bonds is 4. The molecule has 0 saturated carbocycles. The predicted molar refractivity (Wildman–Crippen MR) is 59.9 cm³/mol. The first-order valence-electron chi connectivity index (χ1n) is 5.80. The van der Waals surface area contributed by atoms with Gasteiger partial charge in [0, 0.05) is 19.0 Å². The van der Waals surface area contributed by atoms with Gasteiger partial charge in [0.15, 0.2) is 0 Å². The number of carbonyl (C=O) groups excluding carboxylic acids is 1. The first-order chi connectivity index (χ1) is 7.52. The molecular weight excluding hydrogens is 208 g/mol. The normalized spacial score (nSPS) is 22.9. The number of nitrogens with zero attached hydrogens (tertiary/aromatic N) is 1. The Balaban J connectivity index is 2.45. The zero-order valence-electron chi connectivity index (χ0n) is 9.69. The third-order valence-corrected chi connectivity index (χ3v) is 3.07. The molecule has 0 radical (unpaired) electrons. The van der Waals surface area contributed by atoms with Gasteiger partial charge in [-0.15, -0.1) is 0 Å². The molecule has 2 atom stereocenters. The Morgan fingerprint density at radius 1 is 1.50 bits per heavy atom. The minimum atomic E-state index is -0.907. The van der Waals surface area contributed by atoms with E-state index in [1.807, 2.05) is 6.92 Å². The maximum Gasteiger partial charge on any atom is 0.303 e. The molecule has 1 fully saturated rings. The number of amides is 1. The number of likely N-dealkylation sites (tertiary alicyclic amines) is 1. The van der Waals surface area contributed by atoms with Gasteiger partial charge in [-0.2, -0.15) is 0 Å². The summed E-state index contributed by atoms with van der Waals surface area (Å²) in [4.78, 5) is 24.1. The van der Waals surface area contributed by atoms with Crippen LogP contribution in [0.15, 0.2) is 0 Å². The van der Waals surface area contributed by atoms with E-state index in [4.69, 9.17) is 10.8 Å². The summed E-state index contributed by atoms with van der Waals surface area (Å²) in [6, 6.07) is -0.436. The second-order valence-electron chi connectivity index (χ2n) is 4.42. The van der Waals surface area contributed by atoms with Crippen molar-refractivity contribution in [1.29, 1.82) is 0 Å². The third-order valence-electron chi connectivity index (χ3n) is 3.07. The highest BCUT2D eigenvalue weighted by molar-refractivity contribution is 5.82. The SMILES string of the molecule is CC1CCCCN1C(=O)C(N)CCC(=O)O. The second-order valence-corrected chi connectivity index (χ2v) is 4.42. The Morgan fingerprint density at radius 2 is 2.19 bits per heavy atom. The second kappa shape index (κ2) is 5.84. The number of hydrogen-bond donors (Lipinski definition) is 2. The summed E-state index contributed by atoms with van der Waals surface area (Å²) in [5, 5.41) is 8.53. The molecule has 0 aromatic heterocycles. The standard InChI is InChI=1S/C11H20N2O3/c1-8-4-2-3-7-13(8)11(16)9(12)5-6-10(14)15/h8-9H,2-7,12H2,1H3,(H,14,15). The number of hydrogen-bond acceptors (Lipinski definition) is 3. The summed E-state index contributed by atoms with van der Waals surface area (Å²) in [6.07, 6.45) is 3.35. The van der Waals surface area contributed by atoms with Crippen molar-refractivity contribution in [2.24, 2.45) is 5.73 Å². The van der Waals surface area contributed by atoms with Crippen LogP contribution in [0.5, 0.6) is 0 Å². The van der Waals surface area contributed by atoms with Crippen molar-refractivity contribution in [3.63, 3.8) is 0 Å². The van der Waals surface area contributed by atoms with Crippen LogP contribution >= 0.6 is 0 Å². The highest BCUT2D eigenvalue weighted by atomic mass is 16.4. The molecule has 16 heavy (non-hydrogen) atoms. The van der Waals surface area contributed by atoms with E-state index in [1.54, 1.807) is 4.90 Å². The number of carboxylic acids is 1. The van der Waals surface area contributed by atoms with Crippen LogP contribution in [0.1, 0.15) is 39.0 Å². The number of aliphatic carboxylic acids is 1. The molecule has 3 N–H and O–H groups in total. The first-order valence-corrected chi connectivity index (χ1v) is 5.80. The molecular formula is C11H20N2O3. The van der Waals surface area contributed by atoms with E-state index >= 15 is 0 Å². The molecule has 2 unspecified atom stereocenters. The summed E-state index contributed by atoms with van der Waals surface area (Å²) in [7, 11) is 0. The molecule has 0 aromatic rings. The average Bonchev–Trinajstić information content (AvgIpc) is 2.25. The van der Waals surface area contributed by atoms with Gasteiger partial charge in [0.1, 0.15) is 0 Å². The zero-order valence-corrected chi connectivity index (χ0v) is 9.69. The summed E-state index contributed by atoms with van der Waals surface area (Å²) in [6.45, 7) is 2.77. The molecule has 0 aromatic carbocycles. The van der Waals surface area contributed by atoms with E-state index < -0.39 is 12.0 Å². The Hall–Kier alpha value is -1.10. The lowest BCUT2D eigenvalue weighted by molar-refractivity contribution is -0.138. The van der Waals surface area contributed by atoms with Crippen molar-refractivity contribution in [2.75, 3.05) is 6.54 Å². The minimum Gasteiger partial charge on any atom is -0.481 e. The summed E-state index contributed by atoms with van der Waals surface area (Å²) in [5.74, 6) is -1.01. The van der Waals surface area contributed by atoms with Crippen LogP contribution in [-0.4, -0.2) is 40.5 Å². The zero-order chi connectivity index (χ0) is 12.1. The van der Waals surface area contributed by atoms with E-state index in [1.165, 1.54) is 0 Å². The number of carbonyl (C=O) groups is 2. The van der Waals surface area contributed by atoms with Gasteiger partial charge in [-0.05, 0) is 32.6 Å². The Kier molecular flexibility index (Phi) is 4.73. The van der Waals surface area contributed by atoms with Crippen LogP contribution in [-0.2, 0) is 9.59 Å². The number of nitrogens with two attached hydrogens (primary N) is 1. The van der Waals surface area contributed by atoms with Crippen molar-refractivity contribution in [3.8, 4) is 0 Å². The van der Waals surface area contributed by atoms with Crippen LogP contribution in [0.4, 0.5) is 0 Å². The van der Waals surface area contributed by atoms with Gasteiger partial charge < -0.3 is 15.7 Å². The van der Waals surface area contributed by atoms with Gasteiger partial charge in [0.2, 0.25) is 5.91 Å². The molecule has 1 rings (SSSR count). The molecule has 1 aliphatic heterocycles. The van der Waals surface area contributed by atoms with E-state index in [9.17, 15) is 9.59 Å². The fourth-order valence-electron chi connectivity index (χ4n) is 2.04. The lowest BCUT2D eigenvalue weighted by Gasteiger charge is -2.35. The summed E-state index contributed by atoms with van der Waals surface area (Å²) in [5.41, 5.74) is 5.70. The van der Waals surface area contributed by atoms with Crippen molar-refractivity contribution >= 4 is 11.9 Å². The lowest BCUT2D eigenvalue weighted by atomic mass is 10.0. The maximum absolute atomic E-state index is 11.9. The summed E-state index contributed by atoms with van der Waals surface area (Å²) >= 11 is 0. The largest absolute Gasteiger partial charge is 0.481 e. The Labute approximate surface area is 95.6 Å². The van der Waals surface area contributed by atoms with Gasteiger partial charge in [0.05, 0.1) is 6.04 Å². The third kappa shape index (κ3) is 3.48. The molecule has 1 amide bonds. The van der Waals surface area contributed by atoms with Crippen LogP contribution in [0.3, 0.4) is 0 Å². The Morgan fingerprint density at radius 3 is 2.75 bits per heavy atom. The maximum atomic E-state index is 11.9. The van der Waals surface area contributed by atoms with Gasteiger partial charge in [-0.1, -0.05) is 0 Å². The lowest BCUT2D eigenvalue weighted by Crippen LogP contribution is -2.49. The Bertz CT molecular complexity index is 268. The van der Waals surface area contributed by atoms with Crippen molar-refractivity contribution < 1.29 is 14.7 Å². The van der Waals surface area contributed by atoms with Gasteiger partial charge in [-0.3, -0.25) is 9.59 Å². The molecule has 0 bridgehead atoms. The highest BCUT2D eigenvalue weighted by Crippen LogP contribution is 2.17. The van der Waals surface area contributed by atoms with Crippen LogP contribution < -0.4 is 5.73 Å². The van der Waals surface area contributed by atoms with E-state index in [-0.39, 0.29) is 24.8 Å². The van der Waals surface area contributed by atoms with Crippen molar-refractivity contribution in [1.82, 2.24) is 4.90 Å². The molecule has 92 valence electrons. The fourth-order valence-corrected chi connectivity index (χ4v) is 2.04. The van der Waals surface area contributed by atoms with Gasteiger partial charge in [-0.25, -0.2) is 0 Å². The molecule has 1 aliphatic rings. The van der Waals surface area contributed by atoms with Gasteiger partial charge >= 0.3 is 5.97 Å². The quantitative estimate of drug-likeness (QED) is 0.737. The highest BCUT2D eigenvalue weighted by Gasteiger charge is 2.27. The topological polar surface area (TPSA) is 83.6 Å². The average molecular weight is 228 g/mol. The van der Waals surface area contributed by atoms with Crippen LogP contribution in [0, 0.1) is 0 Å². The fraction of sp³-hybridized carbons (Fsp3) is 0.818. The van der Waals surface area contributed by atoms with E-state index in [0.717, 1.165) is 25.8 Å². The van der Waals surface area contributed by atoms with Crippen LogP contribution in [0.2, 0.25) is 0 Å². The minimum absolute atomic E-state index is 0.0465. The first kappa shape index (κ1) is 13.0. The smallest absolute Gasteiger partial charge is 0.303 e. The molecule has 5 heteroatoms. The van der Waals surface area contributed by atoms with Crippen LogP contribution in [0.25, 0.3) is 0 Å². The van der Waals surface area contributed by atoms with Crippen molar-refractivity contribution in [2.45, 2.75) is 51.1 Å².